The fraction of sp³-hybridized carbons (Fsp3) is 0.389. The fourth-order valence-corrected chi connectivity index (χ4v) is 3.46. The van der Waals surface area contributed by atoms with E-state index in [4.69, 9.17) is 0 Å². The van der Waals surface area contributed by atoms with E-state index in [1.54, 1.807) is 33.8 Å². The zero-order valence-corrected chi connectivity index (χ0v) is 15.3. The van der Waals surface area contributed by atoms with Crippen LogP contribution in [-0.2, 0) is 6.54 Å². The van der Waals surface area contributed by atoms with Crippen LogP contribution in [-0.4, -0.2) is 39.5 Å². The third-order valence-corrected chi connectivity index (χ3v) is 5.21. The van der Waals surface area contributed by atoms with Gasteiger partial charge in [-0.15, -0.1) is 10.2 Å². The summed E-state index contributed by atoms with van der Waals surface area (Å²) in [5.41, 5.74) is 0.539. The Morgan fingerprint density at radius 1 is 1.11 bits per heavy atom. The number of hydrogen-bond donors (Lipinski definition) is 0. The van der Waals surface area contributed by atoms with E-state index < -0.39 is 0 Å². The molecule has 3 heterocycles. The summed E-state index contributed by atoms with van der Waals surface area (Å²) in [5.74, 6) is 0. The number of aromatic nitrogens is 8. The van der Waals surface area contributed by atoms with E-state index in [2.05, 4.69) is 25.6 Å². The molecule has 0 N–H and O–H groups in total. The maximum atomic E-state index is 13.1. The highest BCUT2D eigenvalue weighted by atomic mass is 16.1. The molecule has 0 unspecified atom stereocenters. The Kier molecular flexibility index (Phi) is 3.78. The number of nitrogens with zero attached hydrogens (tertiary/aromatic N) is 8. The predicted molar refractivity (Wildman–Crippen MR) is 101 cm³/mol. The molecule has 0 bridgehead atoms. The number of fused-ring (bicyclic) bond motifs is 2. The van der Waals surface area contributed by atoms with Gasteiger partial charge in [0.05, 0.1) is 47.4 Å². The average molecular weight is 378 g/mol. The standard InChI is InChI=1S/C18H18N8O2/c1-2-11(9-24-6-5-20-22-24)25-10-19-15-7-14-16(8-13(15)17(25)27)21-23-26(18(14)28)12-3-4-12/h5-8,10-12H,2-4,9H2,1H3/t11-/m1/s1. The number of benzene rings is 1. The van der Waals surface area contributed by atoms with Crippen LogP contribution in [0.25, 0.3) is 21.8 Å². The van der Waals surface area contributed by atoms with Crippen molar-refractivity contribution in [3.05, 3.63) is 51.6 Å². The van der Waals surface area contributed by atoms with Gasteiger partial charge in [-0.1, -0.05) is 17.4 Å². The summed E-state index contributed by atoms with van der Waals surface area (Å²) >= 11 is 0. The van der Waals surface area contributed by atoms with Gasteiger partial charge < -0.3 is 0 Å². The van der Waals surface area contributed by atoms with Gasteiger partial charge in [-0.2, -0.15) is 0 Å². The maximum Gasteiger partial charge on any atom is 0.277 e. The topological polar surface area (TPSA) is 113 Å². The molecule has 0 radical (unpaired) electrons. The van der Waals surface area contributed by atoms with Gasteiger partial charge in [-0.25, -0.2) is 9.67 Å². The van der Waals surface area contributed by atoms with Crippen LogP contribution in [0.1, 0.15) is 38.3 Å². The summed E-state index contributed by atoms with van der Waals surface area (Å²) in [5, 5.41) is 16.8. The Hall–Kier alpha value is -3.43. The first-order chi connectivity index (χ1) is 13.7. The lowest BCUT2D eigenvalue weighted by atomic mass is 10.1. The summed E-state index contributed by atoms with van der Waals surface area (Å²) in [4.78, 5) is 30.2. The molecule has 4 aromatic rings. The lowest BCUT2D eigenvalue weighted by molar-refractivity contribution is 0.382. The van der Waals surface area contributed by atoms with Crippen molar-refractivity contribution >= 4 is 21.8 Å². The molecule has 0 spiro atoms. The van der Waals surface area contributed by atoms with Gasteiger partial charge in [0.2, 0.25) is 0 Å². The van der Waals surface area contributed by atoms with Crippen LogP contribution in [0, 0.1) is 0 Å². The second kappa shape index (κ2) is 6.32. The quantitative estimate of drug-likeness (QED) is 0.477. The second-order valence-electron chi connectivity index (χ2n) is 7.10. The van der Waals surface area contributed by atoms with Crippen molar-refractivity contribution < 1.29 is 0 Å². The Bertz CT molecular complexity index is 1290. The van der Waals surface area contributed by atoms with Crippen LogP contribution in [0.3, 0.4) is 0 Å². The Labute approximate surface area is 158 Å². The monoisotopic (exact) mass is 378 g/mol. The third-order valence-electron chi connectivity index (χ3n) is 5.21. The lowest BCUT2D eigenvalue weighted by Gasteiger charge is -2.18. The molecule has 10 nitrogen and oxygen atoms in total. The smallest absolute Gasteiger partial charge is 0.277 e. The third kappa shape index (κ3) is 2.68. The highest BCUT2D eigenvalue weighted by molar-refractivity contribution is 5.93. The van der Waals surface area contributed by atoms with Crippen LogP contribution in [0.5, 0.6) is 0 Å². The average Bonchev–Trinajstić information content (AvgIpc) is 3.42. The molecule has 10 heteroatoms. The molecule has 1 aliphatic rings. The van der Waals surface area contributed by atoms with Crippen molar-refractivity contribution in [3.8, 4) is 0 Å². The largest absolute Gasteiger partial charge is 0.294 e. The van der Waals surface area contributed by atoms with Crippen LogP contribution >= 0.6 is 0 Å². The molecule has 1 aliphatic carbocycles. The van der Waals surface area contributed by atoms with Gasteiger partial charge in [0.1, 0.15) is 5.52 Å². The van der Waals surface area contributed by atoms with Gasteiger partial charge in [0.25, 0.3) is 11.1 Å². The molecule has 142 valence electrons. The fourth-order valence-electron chi connectivity index (χ4n) is 3.46. The van der Waals surface area contributed by atoms with Crippen molar-refractivity contribution in [3.63, 3.8) is 0 Å². The Balaban J connectivity index is 1.64. The highest BCUT2D eigenvalue weighted by Gasteiger charge is 2.27. The molecule has 0 aliphatic heterocycles. The first-order valence-electron chi connectivity index (χ1n) is 9.30. The summed E-state index contributed by atoms with van der Waals surface area (Å²) in [7, 11) is 0. The van der Waals surface area contributed by atoms with E-state index in [9.17, 15) is 9.59 Å². The molecule has 1 fully saturated rings. The van der Waals surface area contributed by atoms with Crippen molar-refractivity contribution in [2.75, 3.05) is 0 Å². The van der Waals surface area contributed by atoms with Gasteiger partial charge in [0.15, 0.2) is 0 Å². The van der Waals surface area contributed by atoms with Gasteiger partial charge in [-0.3, -0.25) is 18.8 Å². The Morgan fingerprint density at radius 3 is 2.61 bits per heavy atom. The van der Waals surface area contributed by atoms with Crippen LogP contribution in [0.4, 0.5) is 0 Å². The molecule has 0 amide bonds. The van der Waals surface area contributed by atoms with Crippen LogP contribution in [0.2, 0.25) is 0 Å². The normalized spacial score (nSPS) is 15.3. The summed E-state index contributed by atoms with van der Waals surface area (Å²) in [6, 6.07) is 3.29. The zero-order chi connectivity index (χ0) is 19.3. The number of rotatable bonds is 5. The predicted octanol–water partition coefficient (Wildman–Crippen LogP) is 1.08. The molecular weight excluding hydrogens is 360 g/mol. The maximum absolute atomic E-state index is 13.1. The molecule has 28 heavy (non-hydrogen) atoms. The van der Waals surface area contributed by atoms with E-state index in [0.29, 0.717) is 28.4 Å². The molecule has 0 saturated heterocycles. The van der Waals surface area contributed by atoms with Gasteiger partial charge in [0, 0.05) is 6.20 Å². The van der Waals surface area contributed by atoms with Crippen molar-refractivity contribution in [1.29, 1.82) is 0 Å². The molecular formula is C18H18N8O2. The molecule has 3 aromatic heterocycles. The summed E-state index contributed by atoms with van der Waals surface area (Å²) in [6.07, 6.45) is 7.52. The van der Waals surface area contributed by atoms with Crippen molar-refractivity contribution in [2.45, 2.75) is 44.8 Å². The van der Waals surface area contributed by atoms with E-state index >= 15 is 0 Å². The van der Waals surface area contributed by atoms with Crippen molar-refractivity contribution in [2.24, 2.45) is 0 Å². The minimum Gasteiger partial charge on any atom is -0.294 e. The minimum absolute atomic E-state index is 0.115. The van der Waals surface area contributed by atoms with E-state index in [1.807, 2.05) is 6.92 Å². The molecule has 1 aromatic carbocycles. The summed E-state index contributed by atoms with van der Waals surface area (Å²) in [6.45, 7) is 2.52. The first-order valence-corrected chi connectivity index (χ1v) is 9.30. The van der Waals surface area contributed by atoms with E-state index in [-0.39, 0.29) is 23.2 Å². The zero-order valence-electron chi connectivity index (χ0n) is 15.3. The summed E-state index contributed by atoms with van der Waals surface area (Å²) < 4.78 is 4.73. The van der Waals surface area contributed by atoms with Gasteiger partial charge >= 0.3 is 0 Å². The van der Waals surface area contributed by atoms with E-state index in [0.717, 1.165) is 19.3 Å². The van der Waals surface area contributed by atoms with Gasteiger partial charge in [-0.05, 0) is 31.4 Å². The lowest BCUT2D eigenvalue weighted by Crippen LogP contribution is -2.28. The number of hydrogen-bond acceptors (Lipinski definition) is 7. The molecule has 5 rings (SSSR count). The van der Waals surface area contributed by atoms with Crippen LogP contribution in [0.15, 0.2) is 40.4 Å². The second-order valence-corrected chi connectivity index (χ2v) is 7.10. The van der Waals surface area contributed by atoms with Crippen molar-refractivity contribution in [1.82, 2.24) is 39.5 Å². The van der Waals surface area contributed by atoms with E-state index in [1.165, 1.54) is 11.0 Å². The Morgan fingerprint density at radius 2 is 1.89 bits per heavy atom. The molecule has 1 atom stereocenters. The van der Waals surface area contributed by atoms with Crippen LogP contribution < -0.4 is 11.1 Å². The first kappa shape index (κ1) is 16.7. The minimum atomic E-state index is -0.182. The SMILES string of the molecule is CC[C@H](Cn1ccnn1)n1cnc2cc3c(=O)n(C4CC4)nnc3cc2c1=O. The highest BCUT2D eigenvalue weighted by Crippen LogP contribution is 2.32. The molecule has 1 saturated carbocycles.